The summed E-state index contributed by atoms with van der Waals surface area (Å²) in [4.78, 5) is 30.0. The quantitative estimate of drug-likeness (QED) is 0.197. The predicted octanol–water partition coefficient (Wildman–Crippen LogP) is -1.39. The van der Waals surface area contributed by atoms with Gasteiger partial charge in [-0.05, 0) is 17.5 Å². The van der Waals surface area contributed by atoms with Crippen LogP contribution < -0.4 is 17.2 Å². The molecule has 6 N–H and O–H groups in total. The van der Waals surface area contributed by atoms with Crippen LogP contribution in [0.15, 0.2) is 22.2 Å². The van der Waals surface area contributed by atoms with Gasteiger partial charge in [-0.15, -0.1) is 0 Å². The third-order valence-electron chi connectivity index (χ3n) is 4.15. The standard InChI is InChI=1S/C14H21N7O6/c1-6(2)8(16)12(24)26-5-14(19-20-17)10(23)9(22)11(27-14)21-4-3-7(15)18-13(21)25/h3-4,6,8-11,22-23H,5,16H2,1-2H3,(H2,15,18,25)/t8?,9-,10+,11?,14-/m1/s1. The van der Waals surface area contributed by atoms with Crippen LogP contribution in [0.25, 0.3) is 10.4 Å². The van der Waals surface area contributed by atoms with E-state index < -0.39 is 48.5 Å². The zero-order valence-electron chi connectivity index (χ0n) is 14.7. The molecule has 0 aliphatic carbocycles. The fourth-order valence-electron chi connectivity index (χ4n) is 2.46. The van der Waals surface area contributed by atoms with Gasteiger partial charge in [0.2, 0.25) is 5.72 Å². The SMILES string of the molecule is CC(C)C(N)C(=O)OC[C@@]1(N=[N+]=[N-])OC(n2ccc(N)nc2=O)[C@H](O)[C@@H]1O. The average Bonchev–Trinajstić information content (AvgIpc) is 2.85. The number of carbonyl (C=O) groups excluding carboxylic acids is 1. The Labute approximate surface area is 153 Å². The smallest absolute Gasteiger partial charge is 0.351 e. The lowest BCUT2D eigenvalue weighted by atomic mass is 10.0. The molecule has 148 valence electrons. The molecule has 2 heterocycles. The highest BCUT2D eigenvalue weighted by atomic mass is 16.6. The Morgan fingerprint density at radius 2 is 2.26 bits per heavy atom. The van der Waals surface area contributed by atoms with Crippen molar-refractivity contribution in [1.82, 2.24) is 9.55 Å². The van der Waals surface area contributed by atoms with E-state index in [-0.39, 0.29) is 11.7 Å². The highest BCUT2D eigenvalue weighted by Crippen LogP contribution is 2.38. The molecule has 2 unspecified atom stereocenters. The lowest BCUT2D eigenvalue weighted by molar-refractivity contribution is -0.167. The molecule has 0 aromatic carbocycles. The van der Waals surface area contributed by atoms with E-state index in [1.54, 1.807) is 13.8 Å². The molecular formula is C14H21N7O6. The second-order valence-electron chi connectivity index (χ2n) is 6.40. The molecule has 1 aromatic heterocycles. The number of aromatic nitrogens is 2. The van der Waals surface area contributed by atoms with E-state index >= 15 is 0 Å². The second-order valence-corrected chi connectivity index (χ2v) is 6.40. The largest absolute Gasteiger partial charge is 0.461 e. The van der Waals surface area contributed by atoms with Gasteiger partial charge >= 0.3 is 11.7 Å². The zero-order chi connectivity index (χ0) is 20.4. The Morgan fingerprint density at radius 1 is 1.59 bits per heavy atom. The van der Waals surface area contributed by atoms with Gasteiger partial charge in [-0.3, -0.25) is 9.36 Å². The van der Waals surface area contributed by atoms with Crippen LogP contribution in [0.1, 0.15) is 20.1 Å². The zero-order valence-corrected chi connectivity index (χ0v) is 14.7. The summed E-state index contributed by atoms with van der Waals surface area (Å²) >= 11 is 0. The van der Waals surface area contributed by atoms with Crippen molar-refractivity contribution < 1.29 is 24.5 Å². The fourth-order valence-corrected chi connectivity index (χ4v) is 2.46. The minimum absolute atomic E-state index is 0.0535. The number of nitrogen functional groups attached to an aromatic ring is 1. The van der Waals surface area contributed by atoms with Crippen molar-refractivity contribution in [2.24, 2.45) is 16.8 Å². The minimum Gasteiger partial charge on any atom is -0.461 e. The molecule has 0 bridgehead atoms. The number of anilines is 1. The van der Waals surface area contributed by atoms with Crippen LogP contribution in [0.3, 0.4) is 0 Å². The highest BCUT2D eigenvalue weighted by Gasteiger charge is 2.56. The van der Waals surface area contributed by atoms with E-state index in [0.29, 0.717) is 0 Å². The number of aliphatic hydroxyl groups is 2. The van der Waals surface area contributed by atoms with E-state index in [9.17, 15) is 19.8 Å². The van der Waals surface area contributed by atoms with Crippen LogP contribution in [-0.2, 0) is 14.3 Å². The van der Waals surface area contributed by atoms with E-state index in [2.05, 4.69) is 15.0 Å². The van der Waals surface area contributed by atoms with Crippen molar-refractivity contribution in [1.29, 1.82) is 0 Å². The fraction of sp³-hybridized carbons (Fsp3) is 0.643. The van der Waals surface area contributed by atoms with Gasteiger partial charge in [0, 0.05) is 11.1 Å². The molecule has 2 rings (SSSR count). The molecule has 5 atom stereocenters. The normalized spacial score (nSPS) is 28.6. The number of aliphatic hydroxyl groups excluding tert-OH is 2. The lowest BCUT2D eigenvalue weighted by Gasteiger charge is -2.27. The van der Waals surface area contributed by atoms with Crippen molar-refractivity contribution >= 4 is 11.8 Å². The first kappa shape index (κ1) is 20.6. The van der Waals surface area contributed by atoms with E-state index in [0.717, 1.165) is 4.57 Å². The van der Waals surface area contributed by atoms with E-state index in [1.165, 1.54) is 12.3 Å². The number of hydrogen-bond acceptors (Lipinski definition) is 10. The summed E-state index contributed by atoms with van der Waals surface area (Å²) in [6.45, 7) is 2.69. The van der Waals surface area contributed by atoms with Crippen LogP contribution in [0.5, 0.6) is 0 Å². The van der Waals surface area contributed by atoms with Crippen molar-refractivity contribution in [2.75, 3.05) is 12.3 Å². The minimum atomic E-state index is -2.16. The Balaban J connectivity index is 2.30. The molecule has 0 spiro atoms. The third-order valence-corrected chi connectivity index (χ3v) is 4.15. The summed E-state index contributed by atoms with van der Waals surface area (Å²) in [5, 5.41) is 24.0. The number of nitrogens with two attached hydrogens (primary N) is 2. The molecule has 1 aromatic rings. The van der Waals surface area contributed by atoms with Gasteiger partial charge in [-0.1, -0.05) is 19.0 Å². The molecule has 1 aliphatic heterocycles. The molecular weight excluding hydrogens is 362 g/mol. The van der Waals surface area contributed by atoms with Crippen LogP contribution in [0, 0.1) is 5.92 Å². The highest BCUT2D eigenvalue weighted by molar-refractivity contribution is 5.75. The molecule has 0 saturated carbocycles. The number of ether oxygens (including phenoxy) is 2. The number of carbonyl (C=O) groups is 1. The van der Waals surface area contributed by atoms with Gasteiger partial charge in [-0.2, -0.15) is 4.98 Å². The first-order valence-corrected chi connectivity index (χ1v) is 8.00. The number of hydrogen-bond donors (Lipinski definition) is 4. The van der Waals surface area contributed by atoms with Crippen LogP contribution in [0.2, 0.25) is 0 Å². The molecule has 0 radical (unpaired) electrons. The van der Waals surface area contributed by atoms with Gasteiger partial charge < -0.3 is 31.2 Å². The lowest BCUT2D eigenvalue weighted by Crippen LogP contribution is -2.47. The van der Waals surface area contributed by atoms with E-state index in [1.807, 2.05) is 0 Å². The van der Waals surface area contributed by atoms with Crippen molar-refractivity contribution in [3.05, 3.63) is 33.2 Å². The van der Waals surface area contributed by atoms with Gasteiger partial charge in [0.15, 0.2) is 6.23 Å². The maximum Gasteiger partial charge on any atom is 0.351 e. The Hall–Kier alpha value is -2.70. The summed E-state index contributed by atoms with van der Waals surface area (Å²) in [6.07, 6.45) is -3.75. The predicted molar refractivity (Wildman–Crippen MR) is 90.7 cm³/mol. The summed E-state index contributed by atoms with van der Waals surface area (Å²) in [6, 6.07) is 0.329. The van der Waals surface area contributed by atoms with Gasteiger partial charge in [-0.25, -0.2) is 4.79 Å². The molecule has 1 saturated heterocycles. The Kier molecular flexibility index (Phi) is 6.03. The average molecular weight is 383 g/mol. The maximum atomic E-state index is 12.0. The van der Waals surface area contributed by atoms with E-state index in [4.69, 9.17) is 26.5 Å². The van der Waals surface area contributed by atoms with Gasteiger partial charge in [0.25, 0.3) is 0 Å². The monoisotopic (exact) mass is 383 g/mol. The molecule has 13 nitrogen and oxygen atoms in total. The summed E-state index contributed by atoms with van der Waals surface area (Å²) in [7, 11) is 0. The maximum absolute atomic E-state index is 12.0. The molecule has 1 fully saturated rings. The van der Waals surface area contributed by atoms with Crippen molar-refractivity contribution in [3.8, 4) is 0 Å². The second kappa shape index (κ2) is 7.90. The Bertz CT molecular complexity index is 807. The van der Waals surface area contributed by atoms with Gasteiger partial charge in [0.05, 0.1) is 0 Å². The first-order chi connectivity index (χ1) is 12.6. The van der Waals surface area contributed by atoms with Crippen molar-refractivity contribution in [3.63, 3.8) is 0 Å². The topological polar surface area (TPSA) is 212 Å². The number of azide groups is 1. The summed E-state index contributed by atoms with van der Waals surface area (Å²) in [5.41, 5.74) is 16.9. The molecule has 1 aliphatic rings. The Morgan fingerprint density at radius 3 is 2.81 bits per heavy atom. The molecule has 13 heteroatoms. The van der Waals surface area contributed by atoms with Crippen LogP contribution in [0.4, 0.5) is 5.82 Å². The molecule has 0 amide bonds. The number of nitrogens with zero attached hydrogens (tertiary/aromatic N) is 5. The summed E-state index contributed by atoms with van der Waals surface area (Å²) in [5.74, 6) is -1.08. The van der Waals surface area contributed by atoms with Gasteiger partial charge in [0.1, 0.15) is 30.7 Å². The molecule has 27 heavy (non-hydrogen) atoms. The number of rotatable bonds is 6. The third kappa shape index (κ3) is 4.02. The van der Waals surface area contributed by atoms with Crippen LogP contribution >= 0.6 is 0 Å². The van der Waals surface area contributed by atoms with Crippen LogP contribution in [-0.4, -0.2) is 56.3 Å². The first-order valence-electron chi connectivity index (χ1n) is 8.00. The summed E-state index contributed by atoms with van der Waals surface area (Å²) < 4.78 is 11.3. The van der Waals surface area contributed by atoms with Crippen molar-refractivity contribution in [2.45, 2.75) is 44.1 Å². The number of esters is 1.